The molecule has 2 saturated heterocycles. The number of likely N-dealkylation sites (tertiary alicyclic amines) is 2. The summed E-state index contributed by atoms with van der Waals surface area (Å²) in [5.74, 6) is 0.784. The lowest BCUT2D eigenvalue weighted by atomic mass is 9.87. The Morgan fingerprint density at radius 2 is 1.78 bits per heavy atom. The molecule has 2 aliphatic rings. The normalized spacial score (nSPS) is 33.2. The molecule has 18 heavy (non-hydrogen) atoms. The van der Waals surface area contributed by atoms with Crippen molar-refractivity contribution < 1.29 is 0 Å². The molecule has 2 heterocycles. The van der Waals surface area contributed by atoms with Crippen LogP contribution in [0.5, 0.6) is 0 Å². The summed E-state index contributed by atoms with van der Waals surface area (Å²) in [4.78, 5) is 5.35. The fraction of sp³-hybridized carbons (Fsp3) is 1.00. The van der Waals surface area contributed by atoms with Gasteiger partial charge in [0, 0.05) is 24.7 Å². The topological polar surface area (TPSA) is 32.5 Å². The van der Waals surface area contributed by atoms with Crippen LogP contribution in [0.3, 0.4) is 0 Å². The van der Waals surface area contributed by atoms with E-state index in [0.717, 1.165) is 18.5 Å². The van der Waals surface area contributed by atoms with Crippen molar-refractivity contribution in [3.05, 3.63) is 0 Å². The first-order chi connectivity index (χ1) is 8.63. The molecule has 0 aliphatic carbocycles. The molecule has 0 saturated carbocycles. The summed E-state index contributed by atoms with van der Waals surface area (Å²) in [6.45, 7) is 11.7. The second-order valence-corrected chi connectivity index (χ2v) is 6.52. The van der Waals surface area contributed by atoms with Gasteiger partial charge in [-0.05, 0) is 65.1 Å². The average molecular weight is 253 g/mol. The first-order valence-electron chi connectivity index (χ1n) is 7.83. The highest BCUT2D eigenvalue weighted by Crippen LogP contribution is 2.28. The number of piperidine rings is 2. The zero-order chi connectivity index (χ0) is 13.1. The minimum atomic E-state index is 0.634. The lowest BCUT2D eigenvalue weighted by molar-refractivity contribution is 0.0234. The van der Waals surface area contributed by atoms with Gasteiger partial charge in [-0.1, -0.05) is 6.92 Å². The van der Waals surface area contributed by atoms with E-state index in [1.165, 1.54) is 45.3 Å². The van der Waals surface area contributed by atoms with Crippen LogP contribution in [-0.4, -0.2) is 54.1 Å². The molecule has 0 bridgehead atoms. The lowest BCUT2D eigenvalue weighted by Crippen LogP contribution is -2.56. The van der Waals surface area contributed by atoms with Crippen molar-refractivity contribution in [2.75, 3.05) is 26.2 Å². The van der Waals surface area contributed by atoms with Gasteiger partial charge in [0.2, 0.25) is 0 Å². The van der Waals surface area contributed by atoms with Crippen LogP contribution in [0.4, 0.5) is 0 Å². The van der Waals surface area contributed by atoms with E-state index >= 15 is 0 Å². The van der Waals surface area contributed by atoms with Gasteiger partial charge in [0.15, 0.2) is 0 Å². The quantitative estimate of drug-likeness (QED) is 0.834. The molecule has 0 radical (unpaired) electrons. The van der Waals surface area contributed by atoms with E-state index in [2.05, 4.69) is 30.6 Å². The van der Waals surface area contributed by atoms with Crippen molar-refractivity contribution in [1.82, 2.24) is 9.80 Å². The summed E-state index contributed by atoms with van der Waals surface area (Å²) in [5, 5.41) is 0. The summed E-state index contributed by atoms with van der Waals surface area (Å²) >= 11 is 0. The molecule has 2 N–H and O–H groups in total. The molecule has 3 nitrogen and oxygen atoms in total. The standard InChI is InChI=1S/C15H31N3/c1-12(2)17-9-6-14(7-10-17)18-8-4-5-13(3)15(18)11-16/h12-15H,4-11,16H2,1-3H3. The van der Waals surface area contributed by atoms with Crippen molar-refractivity contribution in [2.45, 2.75) is 64.6 Å². The second-order valence-electron chi connectivity index (χ2n) is 6.52. The zero-order valence-corrected chi connectivity index (χ0v) is 12.4. The minimum absolute atomic E-state index is 0.634. The number of hydrogen-bond donors (Lipinski definition) is 1. The molecule has 2 fully saturated rings. The van der Waals surface area contributed by atoms with E-state index in [0.29, 0.717) is 12.1 Å². The molecule has 3 heteroatoms. The molecule has 0 aromatic heterocycles. The first kappa shape index (κ1) is 14.3. The van der Waals surface area contributed by atoms with E-state index in [-0.39, 0.29) is 0 Å². The molecule has 2 unspecified atom stereocenters. The monoisotopic (exact) mass is 253 g/mol. The maximum atomic E-state index is 6.01. The molecule has 106 valence electrons. The van der Waals surface area contributed by atoms with E-state index in [1.807, 2.05) is 0 Å². The molecule has 2 atom stereocenters. The van der Waals surface area contributed by atoms with Crippen LogP contribution in [0.2, 0.25) is 0 Å². The van der Waals surface area contributed by atoms with Gasteiger partial charge in [-0.2, -0.15) is 0 Å². The smallest absolute Gasteiger partial charge is 0.0246 e. The third-order valence-corrected chi connectivity index (χ3v) is 5.10. The van der Waals surface area contributed by atoms with Crippen LogP contribution in [0.1, 0.15) is 46.5 Å². The minimum Gasteiger partial charge on any atom is -0.329 e. The Bertz CT molecular complexity index is 246. The van der Waals surface area contributed by atoms with Gasteiger partial charge in [0.25, 0.3) is 0 Å². The number of rotatable bonds is 3. The largest absolute Gasteiger partial charge is 0.329 e. The fourth-order valence-electron chi connectivity index (χ4n) is 3.84. The van der Waals surface area contributed by atoms with E-state index in [4.69, 9.17) is 5.73 Å². The first-order valence-corrected chi connectivity index (χ1v) is 7.83. The molecule has 0 aromatic rings. The highest BCUT2D eigenvalue weighted by Gasteiger charge is 2.34. The molecule has 0 amide bonds. The average Bonchev–Trinajstić information content (AvgIpc) is 2.38. The van der Waals surface area contributed by atoms with Gasteiger partial charge in [0.05, 0.1) is 0 Å². The highest BCUT2D eigenvalue weighted by atomic mass is 15.2. The number of nitrogens with two attached hydrogens (primary N) is 1. The third kappa shape index (κ3) is 3.06. The summed E-state index contributed by atoms with van der Waals surface area (Å²) in [7, 11) is 0. The molecule has 2 rings (SSSR count). The van der Waals surface area contributed by atoms with Crippen molar-refractivity contribution >= 4 is 0 Å². The lowest BCUT2D eigenvalue weighted by Gasteiger charge is -2.47. The van der Waals surface area contributed by atoms with Crippen molar-refractivity contribution in [3.63, 3.8) is 0 Å². The van der Waals surface area contributed by atoms with Crippen LogP contribution >= 0.6 is 0 Å². The van der Waals surface area contributed by atoms with Crippen LogP contribution in [0.15, 0.2) is 0 Å². The maximum absolute atomic E-state index is 6.01. The predicted molar refractivity (Wildman–Crippen MR) is 77.7 cm³/mol. The number of nitrogens with zero attached hydrogens (tertiary/aromatic N) is 2. The van der Waals surface area contributed by atoms with Crippen molar-refractivity contribution in [3.8, 4) is 0 Å². The Kier molecular flexibility index (Phi) is 5.05. The maximum Gasteiger partial charge on any atom is 0.0246 e. The molecular weight excluding hydrogens is 222 g/mol. The summed E-state index contributed by atoms with van der Waals surface area (Å²) in [6, 6.07) is 2.13. The number of hydrogen-bond acceptors (Lipinski definition) is 3. The molecular formula is C15H31N3. The Labute approximate surface area is 113 Å². The van der Waals surface area contributed by atoms with E-state index in [9.17, 15) is 0 Å². The Hall–Kier alpha value is -0.120. The van der Waals surface area contributed by atoms with Crippen LogP contribution in [0, 0.1) is 5.92 Å². The van der Waals surface area contributed by atoms with Crippen molar-refractivity contribution in [1.29, 1.82) is 0 Å². The van der Waals surface area contributed by atoms with Gasteiger partial charge < -0.3 is 10.6 Å². The van der Waals surface area contributed by atoms with Gasteiger partial charge in [-0.3, -0.25) is 4.90 Å². The summed E-state index contributed by atoms with van der Waals surface area (Å²) in [5.41, 5.74) is 6.01. The van der Waals surface area contributed by atoms with Gasteiger partial charge in [0.1, 0.15) is 0 Å². The van der Waals surface area contributed by atoms with Gasteiger partial charge in [-0.15, -0.1) is 0 Å². The summed E-state index contributed by atoms with van der Waals surface area (Å²) in [6.07, 6.45) is 5.40. The molecule has 2 aliphatic heterocycles. The molecule has 0 spiro atoms. The van der Waals surface area contributed by atoms with Gasteiger partial charge >= 0.3 is 0 Å². The van der Waals surface area contributed by atoms with E-state index < -0.39 is 0 Å². The Morgan fingerprint density at radius 1 is 1.11 bits per heavy atom. The van der Waals surface area contributed by atoms with Crippen LogP contribution in [-0.2, 0) is 0 Å². The van der Waals surface area contributed by atoms with Crippen molar-refractivity contribution in [2.24, 2.45) is 11.7 Å². The third-order valence-electron chi connectivity index (χ3n) is 5.10. The molecule has 0 aromatic carbocycles. The predicted octanol–water partition coefficient (Wildman–Crippen LogP) is 1.92. The van der Waals surface area contributed by atoms with Crippen LogP contribution < -0.4 is 5.73 Å². The van der Waals surface area contributed by atoms with Gasteiger partial charge in [-0.25, -0.2) is 0 Å². The highest BCUT2D eigenvalue weighted by molar-refractivity contribution is 4.90. The fourth-order valence-corrected chi connectivity index (χ4v) is 3.84. The Balaban J connectivity index is 1.91. The van der Waals surface area contributed by atoms with Crippen LogP contribution in [0.25, 0.3) is 0 Å². The summed E-state index contributed by atoms with van der Waals surface area (Å²) < 4.78 is 0. The second kappa shape index (κ2) is 6.36. The Morgan fingerprint density at radius 3 is 2.33 bits per heavy atom. The SMILES string of the molecule is CC1CCCN(C2CCN(C(C)C)CC2)C1CN. The van der Waals surface area contributed by atoms with E-state index in [1.54, 1.807) is 0 Å². The zero-order valence-electron chi connectivity index (χ0n) is 12.4.